The predicted molar refractivity (Wildman–Crippen MR) is 60.9 cm³/mol. The predicted octanol–water partition coefficient (Wildman–Crippen LogP) is 0.373. The Morgan fingerprint density at radius 3 is 2.81 bits per heavy atom. The minimum Gasteiger partial charge on any atom is -0.333 e. The number of amides is 1. The van der Waals surface area contributed by atoms with E-state index in [1.54, 1.807) is 28.9 Å². The lowest BCUT2D eigenvalue weighted by Gasteiger charge is -2.47. The van der Waals surface area contributed by atoms with Crippen LogP contribution in [-0.4, -0.2) is 39.2 Å². The van der Waals surface area contributed by atoms with Gasteiger partial charge in [-0.25, -0.2) is 0 Å². The summed E-state index contributed by atoms with van der Waals surface area (Å²) in [5, 5.41) is 4.09. The van der Waals surface area contributed by atoms with Gasteiger partial charge in [0.2, 0.25) is 0 Å². The van der Waals surface area contributed by atoms with Crippen LogP contribution in [0, 0.1) is 0 Å². The van der Waals surface area contributed by atoms with E-state index in [1.807, 2.05) is 0 Å². The summed E-state index contributed by atoms with van der Waals surface area (Å²) in [6, 6.07) is 1.73. The maximum absolute atomic E-state index is 11.9. The molecule has 0 spiro atoms. The van der Waals surface area contributed by atoms with Crippen LogP contribution in [0.4, 0.5) is 0 Å². The van der Waals surface area contributed by atoms with E-state index in [4.69, 9.17) is 5.73 Å². The third-order valence-electron chi connectivity index (χ3n) is 2.98. The van der Waals surface area contributed by atoms with Crippen LogP contribution in [0.2, 0.25) is 0 Å². The van der Waals surface area contributed by atoms with E-state index in [2.05, 4.69) is 12.0 Å². The normalized spacial score (nSPS) is 18.3. The van der Waals surface area contributed by atoms with Crippen molar-refractivity contribution in [3.05, 3.63) is 18.0 Å². The van der Waals surface area contributed by atoms with Gasteiger partial charge in [-0.2, -0.15) is 5.10 Å². The first kappa shape index (κ1) is 11.1. The number of carbonyl (C=O) groups excluding carboxylic acids is 1. The van der Waals surface area contributed by atoms with Gasteiger partial charge in [0.25, 0.3) is 5.91 Å². The number of likely N-dealkylation sites (tertiary alicyclic amines) is 1. The van der Waals surface area contributed by atoms with Crippen LogP contribution in [0.5, 0.6) is 0 Å². The van der Waals surface area contributed by atoms with Crippen molar-refractivity contribution in [1.29, 1.82) is 0 Å². The molecule has 0 bridgehead atoms. The van der Waals surface area contributed by atoms with Crippen molar-refractivity contribution in [3.8, 4) is 0 Å². The highest BCUT2D eigenvalue weighted by Gasteiger charge is 2.41. The highest BCUT2D eigenvalue weighted by Crippen LogP contribution is 2.24. The first-order chi connectivity index (χ1) is 7.54. The first-order valence-corrected chi connectivity index (χ1v) is 5.62. The molecule has 0 saturated carbocycles. The summed E-state index contributed by atoms with van der Waals surface area (Å²) < 4.78 is 1.63. The second-order valence-corrected chi connectivity index (χ2v) is 4.65. The third-order valence-corrected chi connectivity index (χ3v) is 2.98. The highest BCUT2D eigenvalue weighted by atomic mass is 16.2. The molecular weight excluding hydrogens is 204 g/mol. The van der Waals surface area contributed by atoms with Gasteiger partial charge in [-0.15, -0.1) is 0 Å². The summed E-state index contributed by atoms with van der Waals surface area (Å²) in [5.41, 5.74) is 6.44. The summed E-state index contributed by atoms with van der Waals surface area (Å²) in [6.45, 7) is 3.41. The molecule has 1 aliphatic rings. The maximum atomic E-state index is 11.9. The zero-order valence-electron chi connectivity index (χ0n) is 9.81. The Hall–Kier alpha value is -1.36. The molecule has 2 N–H and O–H groups in total. The van der Waals surface area contributed by atoms with Crippen LogP contribution >= 0.6 is 0 Å². The molecule has 1 amide bonds. The lowest BCUT2D eigenvalue weighted by atomic mass is 9.86. The average molecular weight is 222 g/mol. The lowest BCUT2D eigenvalue weighted by molar-refractivity contribution is 0.0380. The van der Waals surface area contributed by atoms with Crippen LogP contribution in [0.3, 0.4) is 0 Å². The van der Waals surface area contributed by atoms with Crippen molar-refractivity contribution in [2.45, 2.75) is 25.3 Å². The molecule has 1 aromatic heterocycles. The van der Waals surface area contributed by atoms with Crippen LogP contribution in [0.15, 0.2) is 12.3 Å². The van der Waals surface area contributed by atoms with Crippen LogP contribution < -0.4 is 5.73 Å². The van der Waals surface area contributed by atoms with Crippen molar-refractivity contribution >= 4 is 5.91 Å². The fourth-order valence-electron chi connectivity index (χ4n) is 2.20. The summed E-state index contributed by atoms with van der Waals surface area (Å²) in [5.74, 6) is -0.0159. The van der Waals surface area contributed by atoms with Gasteiger partial charge >= 0.3 is 0 Å². The molecule has 16 heavy (non-hydrogen) atoms. The summed E-state index contributed by atoms with van der Waals surface area (Å²) in [4.78, 5) is 13.7. The second-order valence-electron chi connectivity index (χ2n) is 4.65. The van der Waals surface area contributed by atoms with Crippen LogP contribution in [-0.2, 0) is 7.05 Å². The van der Waals surface area contributed by atoms with E-state index in [-0.39, 0.29) is 11.4 Å². The van der Waals surface area contributed by atoms with Gasteiger partial charge in [0.1, 0.15) is 5.69 Å². The van der Waals surface area contributed by atoms with E-state index in [9.17, 15) is 4.79 Å². The molecule has 88 valence electrons. The third kappa shape index (κ3) is 1.95. The van der Waals surface area contributed by atoms with Gasteiger partial charge in [0, 0.05) is 26.3 Å². The number of aromatic nitrogens is 2. The first-order valence-electron chi connectivity index (χ1n) is 5.62. The Morgan fingerprint density at radius 2 is 2.31 bits per heavy atom. The van der Waals surface area contributed by atoms with Crippen molar-refractivity contribution in [1.82, 2.24) is 14.7 Å². The van der Waals surface area contributed by atoms with Crippen LogP contribution in [0.1, 0.15) is 30.3 Å². The minimum atomic E-state index is -0.167. The number of hydrogen-bond donors (Lipinski definition) is 1. The Bertz CT molecular complexity index is 392. The van der Waals surface area contributed by atoms with Crippen molar-refractivity contribution < 1.29 is 4.79 Å². The molecule has 1 aliphatic heterocycles. The average Bonchev–Trinajstić information content (AvgIpc) is 2.60. The Balaban J connectivity index is 1.95. The van der Waals surface area contributed by atoms with Gasteiger partial charge in [0.15, 0.2) is 0 Å². The number of rotatable bonds is 3. The van der Waals surface area contributed by atoms with Crippen molar-refractivity contribution in [2.24, 2.45) is 12.8 Å². The smallest absolute Gasteiger partial charge is 0.274 e. The molecule has 5 heteroatoms. The number of hydrogen-bond acceptors (Lipinski definition) is 3. The van der Waals surface area contributed by atoms with Gasteiger partial charge < -0.3 is 10.6 Å². The van der Waals surface area contributed by atoms with Gasteiger partial charge in [-0.3, -0.25) is 9.48 Å². The van der Waals surface area contributed by atoms with E-state index < -0.39 is 0 Å². The molecule has 2 heterocycles. The standard InChI is InChI=1S/C11H18N4O/c1-3-5-11(12)7-15(8-11)10(16)9-4-6-14(2)13-9/h4,6H,3,5,7-8,12H2,1-2H3. The zero-order chi connectivity index (χ0) is 11.8. The molecular formula is C11H18N4O. The molecule has 1 aromatic rings. The van der Waals surface area contributed by atoms with Gasteiger partial charge in [0.05, 0.1) is 5.54 Å². The molecule has 0 radical (unpaired) electrons. The number of carbonyl (C=O) groups is 1. The fourth-order valence-corrected chi connectivity index (χ4v) is 2.20. The molecule has 0 aromatic carbocycles. The molecule has 2 rings (SSSR count). The summed E-state index contributed by atoms with van der Waals surface area (Å²) >= 11 is 0. The topological polar surface area (TPSA) is 64.2 Å². The quantitative estimate of drug-likeness (QED) is 0.803. The monoisotopic (exact) mass is 222 g/mol. The minimum absolute atomic E-state index is 0.0159. The number of aryl methyl sites for hydroxylation is 1. The zero-order valence-corrected chi connectivity index (χ0v) is 9.81. The van der Waals surface area contributed by atoms with E-state index >= 15 is 0 Å². The largest absolute Gasteiger partial charge is 0.333 e. The molecule has 0 unspecified atom stereocenters. The summed E-state index contributed by atoms with van der Waals surface area (Å²) in [7, 11) is 1.80. The van der Waals surface area contributed by atoms with E-state index in [0.717, 1.165) is 12.8 Å². The lowest BCUT2D eigenvalue weighted by Crippen LogP contribution is -2.68. The van der Waals surface area contributed by atoms with E-state index in [0.29, 0.717) is 18.8 Å². The molecule has 1 saturated heterocycles. The summed E-state index contributed by atoms with van der Waals surface area (Å²) in [6.07, 6.45) is 3.80. The highest BCUT2D eigenvalue weighted by molar-refractivity contribution is 5.93. The van der Waals surface area contributed by atoms with Gasteiger partial charge in [-0.1, -0.05) is 13.3 Å². The molecule has 5 nitrogen and oxygen atoms in total. The fraction of sp³-hybridized carbons (Fsp3) is 0.636. The number of nitrogens with two attached hydrogens (primary N) is 1. The van der Waals surface area contributed by atoms with Crippen LogP contribution in [0.25, 0.3) is 0 Å². The Morgan fingerprint density at radius 1 is 1.62 bits per heavy atom. The Kier molecular flexibility index (Phi) is 2.71. The SMILES string of the molecule is CCCC1(N)CN(C(=O)c2ccn(C)n2)C1. The second kappa shape index (κ2) is 3.90. The number of nitrogens with zero attached hydrogens (tertiary/aromatic N) is 3. The van der Waals surface area contributed by atoms with Gasteiger partial charge in [-0.05, 0) is 12.5 Å². The van der Waals surface area contributed by atoms with Crippen molar-refractivity contribution in [3.63, 3.8) is 0 Å². The van der Waals surface area contributed by atoms with E-state index in [1.165, 1.54) is 0 Å². The molecule has 0 atom stereocenters. The maximum Gasteiger partial charge on any atom is 0.274 e. The van der Waals surface area contributed by atoms with Crippen molar-refractivity contribution in [2.75, 3.05) is 13.1 Å². The molecule has 1 fully saturated rings. The molecule has 0 aliphatic carbocycles. The Labute approximate surface area is 95.2 Å².